The molecule has 0 radical (unpaired) electrons. The molecular formula is C19H20N4O2. The molecule has 6 nitrogen and oxygen atoms in total. The first-order chi connectivity index (χ1) is 12.3. The molecule has 1 aliphatic heterocycles. The molecule has 1 aromatic carbocycles. The highest BCUT2D eigenvalue weighted by Crippen LogP contribution is 2.22. The van der Waals surface area contributed by atoms with Crippen molar-refractivity contribution in [1.29, 1.82) is 0 Å². The van der Waals surface area contributed by atoms with Crippen LogP contribution in [-0.2, 0) is 11.2 Å². The van der Waals surface area contributed by atoms with Gasteiger partial charge < -0.3 is 14.2 Å². The predicted octanol–water partition coefficient (Wildman–Crippen LogP) is 2.87. The minimum absolute atomic E-state index is 0.598. The summed E-state index contributed by atoms with van der Waals surface area (Å²) < 4.78 is 10.8. The maximum absolute atomic E-state index is 5.45. The minimum atomic E-state index is 0.598. The number of ether oxygens (including phenoxy) is 1. The fraction of sp³-hybridized carbons (Fsp3) is 0.316. The van der Waals surface area contributed by atoms with Gasteiger partial charge in [0.25, 0.3) is 0 Å². The van der Waals surface area contributed by atoms with Crippen molar-refractivity contribution < 1.29 is 9.26 Å². The van der Waals surface area contributed by atoms with Crippen molar-refractivity contribution in [3.05, 3.63) is 59.6 Å². The Bertz CT molecular complexity index is 856. The highest BCUT2D eigenvalue weighted by Gasteiger charge is 2.15. The second kappa shape index (κ2) is 7.03. The zero-order chi connectivity index (χ0) is 17.1. The summed E-state index contributed by atoms with van der Waals surface area (Å²) in [6.45, 7) is 5.25. The molecule has 1 aliphatic rings. The molecule has 25 heavy (non-hydrogen) atoms. The highest BCUT2D eigenvalue weighted by atomic mass is 16.5. The molecule has 128 valence electrons. The van der Waals surface area contributed by atoms with Gasteiger partial charge in [-0.25, -0.2) is 4.98 Å². The lowest BCUT2D eigenvalue weighted by Gasteiger charge is -2.27. The first kappa shape index (κ1) is 15.8. The Morgan fingerprint density at radius 1 is 1.12 bits per heavy atom. The summed E-state index contributed by atoms with van der Waals surface area (Å²) in [7, 11) is 0. The van der Waals surface area contributed by atoms with Crippen LogP contribution in [0.4, 0.5) is 5.82 Å². The van der Waals surface area contributed by atoms with Gasteiger partial charge >= 0.3 is 0 Å². The van der Waals surface area contributed by atoms with Crippen molar-refractivity contribution in [2.75, 3.05) is 31.2 Å². The molecule has 3 aromatic rings. The first-order valence-corrected chi connectivity index (χ1v) is 8.46. The molecule has 0 N–H and O–H groups in total. The van der Waals surface area contributed by atoms with Crippen molar-refractivity contribution in [2.45, 2.75) is 13.3 Å². The number of rotatable bonds is 4. The third-order valence-electron chi connectivity index (χ3n) is 4.41. The van der Waals surface area contributed by atoms with Gasteiger partial charge in [0.1, 0.15) is 5.82 Å². The third-order valence-corrected chi connectivity index (χ3v) is 4.41. The minimum Gasteiger partial charge on any atom is -0.378 e. The van der Waals surface area contributed by atoms with Crippen LogP contribution >= 0.6 is 0 Å². The van der Waals surface area contributed by atoms with Crippen LogP contribution in [0.5, 0.6) is 0 Å². The van der Waals surface area contributed by atoms with Crippen LogP contribution in [0.15, 0.2) is 47.1 Å². The van der Waals surface area contributed by atoms with E-state index in [0.29, 0.717) is 18.1 Å². The van der Waals surface area contributed by atoms with E-state index in [1.54, 1.807) is 6.20 Å². The molecule has 0 bridgehead atoms. The predicted molar refractivity (Wildman–Crippen MR) is 94.5 cm³/mol. The molecule has 0 amide bonds. The van der Waals surface area contributed by atoms with E-state index < -0.39 is 0 Å². The smallest absolute Gasteiger partial charge is 0.231 e. The van der Waals surface area contributed by atoms with E-state index >= 15 is 0 Å². The van der Waals surface area contributed by atoms with Gasteiger partial charge in [-0.1, -0.05) is 29.4 Å². The van der Waals surface area contributed by atoms with E-state index in [2.05, 4.69) is 39.1 Å². The Morgan fingerprint density at radius 2 is 1.96 bits per heavy atom. The molecule has 6 heteroatoms. The summed E-state index contributed by atoms with van der Waals surface area (Å²) in [5, 5.41) is 4.14. The maximum Gasteiger partial charge on any atom is 0.231 e. The van der Waals surface area contributed by atoms with Crippen LogP contribution in [0, 0.1) is 6.92 Å². The van der Waals surface area contributed by atoms with Crippen molar-refractivity contribution >= 4 is 5.82 Å². The van der Waals surface area contributed by atoms with E-state index in [1.165, 1.54) is 11.1 Å². The lowest BCUT2D eigenvalue weighted by molar-refractivity contribution is 0.122. The molecule has 3 heterocycles. The Kier molecular flexibility index (Phi) is 4.43. The maximum atomic E-state index is 5.45. The summed E-state index contributed by atoms with van der Waals surface area (Å²) in [5.74, 6) is 2.14. The average molecular weight is 336 g/mol. The largest absolute Gasteiger partial charge is 0.378 e. The van der Waals surface area contributed by atoms with Crippen molar-refractivity contribution in [2.24, 2.45) is 0 Å². The van der Waals surface area contributed by atoms with E-state index in [4.69, 9.17) is 9.26 Å². The lowest BCUT2D eigenvalue weighted by atomic mass is 10.1. The molecule has 0 saturated carbocycles. The monoisotopic (exact) mass is 336 g/mol. The highest BCUT2D eigenvalue weighted by molar-refractivity contribution is 5.59. The average Bonchev–Trinajstić information content (AvgIpc) is 3.13. The van der Waals surface area contributed by atoms with E-state index in [1.807, 2.05) is 24.3 Å². The van der Waals surface area contributed by atoms with Crippen LogP contribution in [0.2, 0.25) is 0 Å². The normalized spacial score (nSPS) is 14.7. The van der Waals surface area contributed by atoms with Crippen LogP contribution in [0.1, 0.15) is 17.0 Å². The Hall–Kier alpha value is -2.73. The van der Waals surface area contributed by atoms with Crippen LogP contribution in [0.3, 0.4) is 0 Å². The Balaban J connectivity index is 1.54. The second-order valence-corrected chi connectivity index (χ2v) is 6.12. The van der Waals surface area contributed by atoms with E-state index in [9.17, 15) is 0 Å². The number of aryl methyl sites for hydroxylation is 1. The number of hydrogen-bond donors (Lipinski definition) is 0. The van der Waals surface area contributed by atoms with Gasteiger partial charge in [-0.2, -0.15) is 4.98 Å². The molecule has 4 rings (SSSR count). The molecule has 0 spiro atoms. The van der Waals surface area contributed by atoms with Gasteiger partial charge in [-0.15, -0.1) is 0 Å². The van der Waals surface area contributed by atoms with Crippen LogP contribution in [-0.4, -0.2) is 41.4 Å². The number of benzene rings is 1. The summed E-state index contributed by atoms with van der Waals surface area (Å²) in [6, 6.07) is 12.1. The number of pyridine rings is 1. The van der Waals surface area contributed by atoms with Crippen molar-refractivity contribution in [1.82, 2.24) is 15.1 Å². The fourth-order valence-electron chi connectivity index (χ4n) is 2.94. The molecule has 1 fully saturated rings. The number of aromatic nitrogens is 3. The Morgan fingerprint density at radius 3 is 2.80 bits per heavy atom. The molecule has 0 aliphatic carbocycles. The van der Waals surface area contributed by atoms with Crippen molar-refractivity contribution in [3.8, 4) is 11.4 Å². The van der Waals surface area contributed by atoms with Gasteiger partial charge in [0, 0.05) is 24.8 Å². The summed E-state index contributed by atoms with van der Waals surface area (Å²) in [4.78, 5) is 11.2. The number of morpholine rings is 1. The third kappa shape index (κ3) is 3.53. The molecule has 2 aromatic heterocycles. The zero-order valence-electron chi connectivity index (χ0n) is 14.2. The van der Waals surface area contributed by atoms with Gasteiger partial charge in [0.15, 0.2) is 0 Å². The second-order valence-electron chi connectivity index (χ2n) is 6.12. The lowest BCUT2D eigenvalue weighted by Crippen LogP contribution is -2.36. The molecule has 0 atom stereocenters. The summed E-state index contributed by atoms with van der Waals surface area (Å²) in [5.41, 5.74) is 3.33. The van der Waals surface area contributed by atoms with Gasteiger partial charge in [0.05, 0.1) is 19.6 Å². The molecular weight excluding hydrogens is 316 g/mol. The first-order valence-electron chi connectivity index (χ1n) is 8.46. The fourth-order valence-corrected chi connectivity index (χ4v) is 2.94. The van der Waals surface area contributed by atoms with Gasteiger partial charge in [-0.05, 0) is 30.2 Å². The Labute approximate surface area is 146 Å². The quantitative estimate of drug-likeness (QED) is 0.730. The van der Waals surface area contributed by atoms with Gasteiger partial charge in [-0.3, -0.25) is 0 Å². The molecule has 0 unspecified atom stereocenters. The standard InChI is InChI=1S/C19H20N4O2/c1-14-4-2-3-5-15(14)13-18-21-19(22-25-18)16-6-7-20-17(12-16)23-8-10-24-11-9-23/h2-7,12H,8-11,13H2,1H3. The van der Waals surface area contributed by atoms with Crippen molar-refractivity contribution in [3.63, 3.8) is 0 Å². The number of nitrogens with zero attached hydrogens (tertiary/aromatic N) is 4. The van der Waals surface area contributed by atoms with Crippen LogP contribution in [0.25, 0.3) is 11.4 Å². The molecule has 1 saturated heterocycles. The zero-order valence-corrected chi connectivity index (χ0v) is 14.2. The van der Waals surface area contributed by atoms with E-state index in [-0.39, 0.29) is 0 Å². The van der Waals surface area contributed by atoms with Gasteiger partial charge in [0.2, 0.25) is 11.7 Å². The van der Waals surface area contributed by atoms with E-state index in [0.717, 1.165) is 37.7 Å². The SMILES string of the molecule is Cc1ccccc1Cc1nc(-c2ccnc(N3CCOCC3)c2)no1. The van der Waals surface area contributed by atoms with Crippen LogP contribution < -0.4 is 4.90 Å². The number of hydrogen-bond acceptors (Lipinski definition) is 6. The topological polar surface area (TPSA) is 64.3 Å². The number of anilines is 1. The summed E-state index contributed by atoms with van der Waals surface area (Å²) >= 11 is 0. The summed E-state index contributed by atoms with van der Waals surface area (Å²) in [6.07, 6.45) is 2.43.